The third-order valence-electron chi connectivity index (χ3n) is 3.71. The molecular weight excluding hydrogens is 320 g/mol. The first-order valence-corrected chi connectivity index (χ1v) is 7.99. The summed E-state index contributed by atoms with van der Waals surface area (Å²) in [6.45, 7) is 4.67. The summed E-state index contributed by atoms with van der Waals surface area (Å²) in [5, 5.41) is 0.746. The van der Waals surface area contributed by atoms with Gasteiger partial charge in [0.1, 0.15) is 5.75 Å². The van der Waals surface area contributed by atoms with E-state index in [9.17, 15) is 14.4 Å². The van der Waals surface area contributed by atoms with Gasteiger partial charge < -0.3 is 4.74 Å². The Morgan fingerprint density at radius 1 is 1.00 bits per heavy atom. The SMILES string of the molecule is CC(C)COc1ccc(C(=O)NN2C(=O)c3ccccc3C2=O)cc1. The molecule has 128 valence electrons. The number of imide groups is 1. The van der Waals surface area contributed by atoms with Crippen molar-refractivity contribution in [1.29, 1.82) is 0 Å². The van der Waals surface area contributed by atoms with E-state index in [1.54, 1.807) is 48.5 Å². The first kappa shape index (κ1) is 16.7. The van der Waals surface area contributed by atoms with E-state index in [2.05, 4.69) is 5.43 Å². The van der Waals surface area contributed by atoms with Crippen LogP contribution in [-0.2, 0) is 0 Å². The Labute approximate surface area is 145 Å². The Morgan fingerprint density at radius 3 is 2.08 bits per heavy atom. The standard InChI is InChI=1S/C19H18N2O4/c1-12(2)11-25-14-9-7-13(8-10-14)17(22)20-21-18(23)15-5-3-4-6-16(15)19(21)24/h3-10,12H,11H2,1-2H3,(H,20,22). The molecule has 1 aliphatic heterocycles. The van der Waals surface area contributed by atoms with Crippen molar-refractivity contribution in [2.24, 2.45) is 5.92 Å². The molecule has 2 aromatic rings. The van der Waals surface area contributed by atoms with Gasteiger partial charge in [-0.15, -0.1) is 0 Å². The predicted molar refractivity (Wildman–Crippen MR) is 91.2 cm³/mol. The van der Waals surface area contributed by atoms with E-state index in [1.807, 2.05) is 13.8 Å². The monoisotopic (exact) mass is 338 g/mol. The number of hydrazine groups is 1. The molecule has 0 fully saturated rings. The van der Waals surface area contributed by atoms with Crippen molar-refractivity contribution in [2.45, 2.75) is 13.8 Å². The molecule has 0 radical (unpaired) electrons. The van der Waals surface area contributed by atoms with Gasteiger partial charge in [-0.05, 0) is 42.3 Å². The number of fused-ring (bicyclic) bond motifs is 1. The summed E-state index contributed by atoms with van der Waals surface area (Å²) in [5.41, 5.74) is 3.26. The second-order valence-electron chi connectivity index (χ2n) is 6.16. The number of amides is 3. The van der Waals surface area contributed by atoms with Gasteiger partial charge in [-0.25, -0.2) is 0 Å². The van der Waals surface area contributed by atoms with Gasteiger partial charge in [-0.1, -0.05) is 26.0 Å². The van der Waals surface area contributed by atoms with E-state index < -0.39 is 17.7 Å². The summed E-state index contributed by atoms with van der Waals surface area (Å²) < 4.78 is 5.56. The topological polar surface area (TPSA) is 75.7 Å². The fraction of sp³-hybridized carbons (Fsp3) is 0.211. The maximum atomic E-state index is 12.3. The van der Waals surface area contributed by atoms with Crippen LogP contribution in [0.2, 0.25) is 0 Å². The van der Waals surface area contributed by atoms with Crippen LogP contribution in [0.25, 0.3) is 0 Å². The number of nitrogens with one attached hydrogen (secondary N) is 1. The molecular formula is C19H18N2O4. The van der Waals surface area contributed by atoms with E-state index in [0.717, 1.165) is 5.01 Å². The molecule has 0 atom stereocenters. The first-order chi connectivity index (χ1) is 12.0. The molecule has 0 bridgehead atoms. The molecule has 0 aliphatic carbocycles. The lowest BCUT2D eigenvalue weighted by Crippen LogP contribution is -2.45. The quantitative estimate of drug-likeness (QED) is 0.851. The third-order valence-corrected chi connectivity index (χ3v) is 3.71. The fourth-order valence-electron chi connectivity index (χ4n) is 2.42. The lowest BCUT2D eigenvalue weighted by molar-refractivity contribution is 0.0518. The summed E-state index contributed by atoms with van der Waals surface area (Å²) >= 11 is 0. The molecule has 0 spiro atoms. The highest BCUT2D eigenvalue weighted by molar-refractivity contribution is 6.22. The van der Waals surface area contributed by atoms with Crippen molar-refractivity contribution >= 4 is 17.7 Å². The highest BCUT2D eigenvalue weighted by atomic mass is 16.5. The molecule has 0 saturated carbocycles. The fourth-order valence-corrected chi connectivity index (χ4v) is 2.42. The van der Waals surface area contributed by atoms with Crippen molar-refractivity contribution in [3.8, 4) is 5.75 Å². The molecule has 2 aromatic carbocycles. The number of benzene rings is 2. The predicted octanol–water partition coefficient (Wildman–Crippen LogP) is 2.66. The highest BCUT2D eigenvalue weighted by Crippen LogP contribution is 2.21. The van der Waals surface area contributed by atoms with E-state index >= 15 is 0 Å². The van der Waals surface area contributed by atoms with Gasteiger partial charge in [0.25, 0.3) is 17.7 Å². The van der Waals surface area contributed by atoms with Crippen LogP contribution in [0.5, 0.6) is 5.75 Å². The summed E-state index contributed by atoms with van der Waals surface area (Å²) in [6, 6.07) is 13.0. The van der Waals surface area contributed by atoms with Gasteiger partial charge in [0, 0.05) is 5.56 Å². The Bertz CT molecular complexity index is 793. The molecule has 0 unspecified atom stereocenters. The number of nitrogens with zero attached hydrogens (tertiary/aromatic N) is 1. The minimum absolute atomic E-state index is 0.283. The van der Waals surface area contributed by atoms with Crippen LogP contribution in [-0.4, -0.2) is 29.3 Å². The molecule has 3 rings (SSSR count). The van der Waals surface area contributed by atoms with E-state index in [0.29, 0.717) is 23.8 Å². The number of ether oxygens (including phenoxy) is 1. The molecule has 1 aliphatic rings. The van der Waals surface area contributed by atoms with Crippen molar-refractivity contribution in [3.05, 3.63) is 65.2 Å². The van der Waals surface area contributed by atoms with Gasteiger partial charge >= 0.3 is 0 Å². The maximum Gasteiger partial charge on any atom is 0.280 e. The molecule has 0 aromatic heterocycles. The average Bonchev–Trinajstić information content (AvgIpc) is 2.85. The number of carbonyl (C=O) groups is 3. The van der Waals surface area contributed by atoms with Crippen LogP contribution in [0.15, 0.2) is 48.5 Å². The van der Waals surface area contributed by atoms with Gasteiger partial charge in [-0.3, -0.25) is 19.8 Å². The number of hydrogen-bond acceptors (Lipinski definition) is 4. The number of hydrogen-bond donors (Lipinski definition) is 1. The molecule has 3 amide bonds. The molecule has 1 heterocycles. The van der Waals surface area contributed by atoms with Crippen LogP contribution >= 0.6 is 0 Å². The third kappa shape index (κ3) is 3.38. The number of rotatable bonds is 5. The van der Waals surface area contributed by atoms with Crippen LogP contribution in [0, 0.1) is 5.92 Å². The molecule has 1 N–H and O–H groups in total. The molecule has 6 heteroatoms. The summed E-state index contributed by atoms with van der Waals surface area (Å²) in [5.74, 6) is -0.552. The zero-order valence-electron chi connectivity index (χ0n) is 14.0. The zero-order chi connectivity index (χ0) is 18.0. The van der Waals surface area contributed by atoms with Crippen LogP contribution in [0.1, 0.15) is 44.9 Å². The van der Waals surface area contributed by atoms with Gasteiger partial charge in [-0.2, -0.15) is 5.01 Å². The first-order valence-electron chi connectivity index (χ1n) is 7.99. The van der Waals surface area contributed by atoms with E-state index in [-0.39, 0.29) is 11.1 Å². The Morgan fingerprint density at radius 2 is 1.56 bits per heavy atom. The molecule has 0 saturated heterocycles. The Balaban J connectivity index is 1.69. The minimum atomic E-state index is -0.537. The van der Waals surface area contributed by atoms with Crippen molar-refractivity contribution in [3.63, 3.8) is 0 Å². The Hall–Kier alpha value is -3.15. The minimum Gasteiger partial charge on any atom is -0.493 e. The zero-order valence-corrected chi connectivity index (χ0v) is 14.0. The second kappa shape index (κ2) is 6.76. The van der Waals surface area contributed by atoms with Gasteiger partial charge in [0.15, 0.2) is 0 Å². The second-order valence-corrected chi connectivity index (χ2v) is 6.16. The summed E-state index contributed by atoms with van der Waals surface area (Å²) in [6.07, 6.45) is 0. The van der Waals surface area contributed by atoms with Gasteiger partial charge in [0.05, 0.1) is 17.7 Å². The van der Waals surface area contributed by atoms with E-state index in [1.165, 1.54) is 0 Å². The van der Waals surface area contributed by atoms with E-state index in [4.69, 9.17) is 4.74 Å². The maximum absolute atomic E-state index is 12.3. The Kier molecular flexibility index (Phi) is 4.52. The molecule has 6 nitrogen and oxygen atoms in total. The lowest BCUT2D eigenvalue weighted by atomic mass is 10.1. The largest absolute Gasteiger partial charge is 0.493 e. The van der Waals surface area contributed by atoms with Crippen molar-refractivity contribution in [2.75, 3.05) is 6.61 Å². The smallest absolute Gasteiger partial charge is 0.280 e. The van der Waals surface area contributed by atoms with Gasteiger partial charge in [0.2, 0.25) is 0 Å². The summed E-state index contributed by atoms with van der Waals surface area (Å²) in [7, 11) is 0. The van der Waals surface area contributed by atoms with Crippen LogP contribution in [0.3, 0.4) is 0 Å². The average molecular weight is 338 g/mol. The lowest BCUT2D eigenvalue weighted by Gasteiger charge is -2.15. The van der Waals surface area contributed by atoms with Crippen LogP contribution < -0.4 is 10.2 Å². The summed E-state index contributed by atoms with van der Waals surface area (Å²) in [4.78, 5) is 36.8. The van der Waals surface area contributed by atoms with Crippen molar-refractivity contribution < 1.29 is 19.1 Å². The highest BCUT2D eigenvalue weighted by Gasteiger charge is 2.36. The van der Waals surface area contributed by atoms with Crippen molar-refractivity contribution in [1.82, 2.24) is 10.4 Å². The van der Waals surface area contributed by atoms with Crippen LogP contribution in [0.4, 0.5) is 0 Å². The normalized spacial score (nSPS) is 13.2. The number of carbonyl (C=O) groups excluding carboxylic acids is 3. The molecule has 25 heavy (non-hydrogen) atoms.